The number of thioether (sulfide) groups is 1. The largest absolute Gasteiger partial charge is 0.307 e. The van der Waals surface area contributed by atoms with Gasteiger partial charge in [-0.15, -0.1) is 0 Å². The van der Waals surface area contributed by atoms with Gasteiger partial charge in [-0.3, -0.25) is 4.98 Å². The molecule has 2 heterocycles. The van der Waals surface area contributed by atoms with Crippen molar-refractivity contribution in [1.82, 2.24) is 10.3 Å². The summed E-state index contributed by atoms with van der Waals surface area (Å²) < 4.78 is 0. The molecule has 2 rings (SSSR count). The minimum Gasteiger partial charge on any atom is -0.307 e. The summed E-state index contributed by atoms with van der Waals surface area (Å²) in [6.07, 6.45) is 5.07. The Kier molecular flexibility index (Phi) is 3.43. The highest BCUT2D eigenvalue weighted by molar-refractivity contribution is 7.99. The second-order valence-corrected chi connectivity index (χ2v) is 4.89. The van der Waals surface area contributed by atoms with Crippen LogP contribution in [0, 0.1) is 0 Å². The van der Waals surface area contributed by atoms with Crippen LogP contribution in [-0.2, 0) is 0 Å². The topological polar surface area (TPSA) is 24.9 Å². The molecular weight excluding hydrogens is 192 g/mol. The first kappa shape index (κ1) is 9.99. The zero-order valence-corrected chi connectivity index (χ0v) is 9.26. The lowest BCUT2D eigenvalue weighted by Crippen LogP contribution is -2.31. The van der Waals surface area contributed by atoms with Gasteiger partial charge < -0.3 is 5.32 Å². The van der Waals surface area contributed by atoms with Crippen LogP contribution >= 0.6 is 11.8 Å². The predicted octanol–water partition coefficient (Wildman–Crippen LogP) is 2.24. The van der Waals surface area contributed by atoms with Gasteiger partial charge in [0.05, 0.1) is 0 Å². The Morgan fingerprint density at radius 1 is 1.64 bits per heavy atom. The van der Waals surface area contributed by atoms with Gasteiger partial charge in [0.2, 0.25) is 0 Å². The summed E-state index contributed by atoms with van der Waals surface area (Å²) in [6.45, 7) is 2.21. The molecule has 1 N–H and O–H groups in total. The van der Waals surface area contributed by atoms with Gasteiger partial charge in [0.1, 0.15) is 0 Å². The van der Waals surface area contributed by atoms with E-state index in [0.29, 0.717) is 12.1 Å². The van der Waals surface area contributed by atoms with E-state index in [2.05, 4.69) is 23.3 Å². The highest BCUT2D eigenvalue weighted by atomic mass is 32.2. The Labute approximate surface area is 89.5 Å². The maximum Gasteiger partial charge on any atom is 0.0315 e. The smallest absolute Gasteiger partial charge is 0.0315 e. The van der Waals surface area contributed by atoms with Crippen LogP contribution in [-0.4, -0.2) is 22.5 Å². The molecule has 76 valence electrons. The average molecular weight is 208 g/mol. The van der Waals surface area contributed by atoms with Crippen molar-refractivity contribution in [3.63, 3.8) is 0 Å². The fourth-order valence-corrected chi connectivity index (χ4v) is 2.91. The number of rotatable bonds is 3. The van der Waals surface area contributed by atoms with E-state index >= 15 is 0 Å². The third-order valence-corrected chi connectivity index (χ3v) is 3.76. The van der Waals surface area contributed by atoms with E-state index in [-0.39, 0.29) is 0 Å². The van der Waals surface area contributed by atoms with E-state index in [0.717, 1.165) is 0 Å². The first-order chi connectivity index (χ1) is 6.86. The SMILES string of the molecule is CC(NC1CCSC1)c1cccnc1. The minimum absolute atomic E-state index is 0.424. The van der Waals surface area contributed by atoms with E-state index in [1.54, 1.807) is 0 Å². The summed E-state index contributed by atoms with van der Waals surface area (Å²) in [6, 6.07) is 5.24. The van der Waals surface area contributed by atoms with Crippen LogP contribution in [0.15, 0.2) is 24.5 Å². The van der Waals surface area contributed by atoms with Crippen LogP contribution in [0.1, 0.15) is 24.9 Å². The summed E-state index contributed by atoms with van der Waals surface area (Å²) in [5, 5.41) is 3.63. The number of nitrogens with one attached hydrogen (secondary N) is 1. The minimum atomic E-state index is 0.424. The molecule has 1 fully saturated rings. The maximum atomic E-state index is 4.14. The molecule has 0 aromatic carbocycles. The lowest BCUT2D eigenvalue weighted by Gasteiger charge is -2.18. The summed E-state index contributed by atoms with van der Waals surface area (Å²) in [5.41, 5.74) is 1.28. The molecule has 1 aromatic heterocycles. The molecule has 0 bridgehead atoms. The average Bonchev–Trinajstić information content (AvgIpc) is 2.72. The molecule has 0 aliphatic carbocycles. The molecular formula is C11H16N2S. The maximum absolute atomic E-state index is 4.14. The predicted molar refractivity (Wildman–Crippen MR) is 61.5 cm³/mol. The molecule has 1 aliphatic rings. The Balaban J connectivity index is 1.92. The fraction of sp³-hybridized carbons (Fsp3) is 0.545. The lowest BCUT2D eigenvalue weighted by molar-refractivity contribution is 0.485. The summed E-state index contributed by atoms with van der Waals surface area (Å²) in [7, 11) is 0. The monoisotopic (exact) mass is 208 g/mol. The quantitative estimate of drug-likeness (QED) is 0.824. The molecule has 1 saturated heterocycles. The van der Waals surface area contributed by atoms with E-state index in [1.807, 2.05) is 30.2 Å². The highest BCUT2D eigenvalue weighted by Gasteiger charge is 2.17. The van der Waals surface area contributed by atoms with E-state index < -0.39 is 0 Å². The third kappa shape index (κ3) is 2.49. The van der Waals surface area contributed by atoms with Gasteiger partial charge >= 0.3 is 0 Å². The van der Waals surface area contributed by atoms with Crippen molar-refractivity contribution in [2.75, 3.05) is 11.5 Å². The molecule has 0 amide bonds. The molecule has 2 unspecified atom stereocenters. The fourth-order valence-electron chi connectivity index (χ4n) is 1.75. The molecule has 2 nitrogen and oxygen atoms in total. The molecule has 1 aromatic rings. The van der Waals surface area contributed by atoms with E-state index in [9.17, 15) is 0 Å². The van der Waals surface area contributed by atoms with Gasteiger partial charge in [-0.1, -0.05) is 6.07 Å². The van der Waals surface area contributed by atoms with Gasteiger partial charge in [0.15, 0.2) is 0 Å². The Hall–Kier alpha value is -0.540. The van der Waals surface area contributed by atoms with Crippen LogP contribution < -0.4 is 5.32 Å². The van der Waals surface area contributed by atoms with Gasteiger partial charge in [-0.2, -0.15) is 11.8 Å². The third-order valence-electron chi connectivity index (χ3n) is 2.60. The standard InChI is InChI=1S/C11H16N2S/c1-9(10-3-2-5-12-7-10)13-11-4-6-14-8-11/h2-3,5,7,9,11,13H,4,6,8H2,1H3. The van der Waals surface area contributed by atoms with Crippen molar-refractivity contribution in [3.8, 4) is 0 Å². The highest BCUT2D eigenvalue weighted by Crippen LogP contribution is 2.20. The van der Waals surface area contributed by atoms with E-state index in [1.165, 1.54) is 23.5 Å². The Morgan fingerprint density at radius 3 is 3.21 bits per heavy atom. The first-order valence-corrected chi connectivity index (χ1v) is 6.25. The second kappa shape index (κ2) is 4.80. The van der Waals surface area contributed by atoms with Crippen molar-refractivity contribution >= 4 is 11.8 Å². The molecule has 3 heteroatoms. The second-order valence-electron chi connectivity index (χ2n) is 3.74. The van der Waals surface area contributed by atoms with Crippen LogP contribution in [0.25, 0.3) is 0 Å². The molecule has 2 atom stereocenters. The Bertz CT molecular complexity index is 270. The van der Waals surface area contributed by atoms with Crippen molar-refractivity contribution < 1.29 is 0 Å². The van der Waals surface area contributed by atoms with Crippen LogP contribution in [0.5, 0.6) is 0 Å². The van der Waals surface area contributed by atoms with Crippen molar-refractivity contribution in [3.05, 3.63) is 30.1 Å². The van der Waals surface area contributed by atoms with Crippen molar-refractivity contribution in [2.45, 2.75) is 25.4 Å². The van der Waals surface area contributed by atoms with Crippen LogP contribution in [0.4, 0.5) is 0 Å². The number of pyridine rings is 1. The van der Waals surface area contributed by atoms with E-state index in [4.69, 9.17) is 0 Å². The van der Waals surface area contributed by atoms with Crippen molar-refractivity contribution in [1.29, 1.82) is 0 Å². The molecule has 0 saturated carbocycles. The summed E-state index contributed by atoms with van der Waals surface area (Å²) >= 11 is 2.04. The number of nitrogens with zero attached hydrogens (tertiary/aromatic N) is 1. The van der Waals surface area contributed by atoms with Gasteiger partial charge in [-0.25, -0.2) is 0 Å². The van der Waals surface area contributed by atoms with Gasteiger partial charge in [0, 0.05) is 30.2 Å². The number of hydrogen-bond acceptors (Lipinski definition) is 3. The molecule has 0 radical (unpaired) electrons. The Morgan fingerprint density at radius 2 is 2.57 bits per heavy atom. The summed E-state index contributed by atoms with van der Waals surface area (Å²) in [4.78, 5) is 4.14. The van der Waals surface area contributed by atoms with Gasteiger partial charge in [-0.05, 0) is 30.7 Å². The zero-order chi connectivity index (χ0) is 9.80. The lowest BCUT2D eigenvalue weighted by atomic mass is 10.1. The number of hydrogen-bond donors (Lipinski definition) is 1. The molecule has 14 heavy (non-hydrogen) atoms. The van der Waals surface area contributed by atoms with Crippen LogP contribution in [0.2, 0.25) is 0 Å². The first-order valence-electron chi connectivity index (χ1n) is 5.10. The molecule has 0 spiro atoms. The summed E-state index contributed by atoms with van der Waals surface area (Å²) in [5.74, 6) is 2.56. The van der Waals surface area contributed by atoms with Crippen LogP contribution in [0.3, 0.4) is 0 Å². The zero-order valence-electron chi connectivity index (χ0n) is 8.44. The van der Waals surface area contributed by atoms with Crippen molar-refractivity contribution in [2.24, 2.45) is 0 Å². The normalized spacial score (nSPS) is 23.6. The number of aromatic nitrogens is 1. The molecule has 1 aliphatic heterocycles. The van der Waals surface area contributed by atoms with Gasteiger partial charge in [0.25, 0.3) is 0 Å².